The Bertz CT molecular complexity index is 3210. The molecule has 278 valence electrons. The number of aromatic nitrogens is 2. The second-order valence-electron chi connectivity index (χ2n) is 15.1. The van der Waals surface area contributed by atoms with Crippen LogP contribution in [0, 0.1) is 22.7 Å². The van der Waals surface area contributed by atoms with E-state index in [9.17, 15) is 10.5 Å². The number of rotatable bonds is 6. The second-order valence-corrected chi connectivity index (χ2v) is 15.1. The number of hydrogen-bond acceptors (Lipinski definition) is 2. The predicted octanol–water partition coefficient (Wildman–Crippen LogP) is 14.3. The van der Waals surface area contributed by atoms with Crippen molar-refractivity contribution in [2.24, 2.45) is 0 Å². The van der Waals surface area contributed by atoms with E-state index in [0.29, 0.717) is 22.3 Å². The number of para-hydroxylation sites is 4. The van der Waals surface area contributed by atoms with Gasteiger partial charge in [0.25, 0.3) is 0 Å². The van der Waals surface area contributed by atoms with E-state index < -0.39 is 0 Å². The van der Waals surface area contributed by atoms with Gasteiger partial charge in [0, 0.05) is 32.7 Å². The molecular formula is C56H34N4. The van der Waals surface area contributed by atoms with E-state index in [-0.39, 0.29) is 0 Å². The third-order valence-electron chi connectivity index (χ3n) is 11.8. The van der Waals surface area contributed by atoms with Crippen LogP contribution in [0.5, 0.6) is 0 Å². The number of hydrogen-bond donors (Lipinski definition) is 0. The minimum Gasteiger partial charge on any atom is -0.307 e. The quantitative estimate of drug-likeness (QED) is 0.169. The molecule has 11 aromatic rings. The molecule has 4 nitrogen and oxygen atoms in total. The first kappa shape index (κ1) is 34.8. The number of nitriles is 2. The lowest BCUT2D eigenvalue weighted by molar-refractivity contribution is 1.09. The molecular weight excluding hydrogens is 729 g/mol. The largest absolute Gasteiger partial charge is 0.307 e. The van der Waals surface area contributed by atoms with Gasteiger partial charge in [0.2, 0.25) is 0 Å². The number of nitrogens with zero attached hydrogens (tertiary/aromatic N) is 4. The average Bonchev–Trinajstić information content (AvgIpc) is 3.84. The van der Waals surface area contributed by atoms with Crippen LogP contribution < -0.4 is 0 Å². The molecule has 60 heavy (non-hydrogen) atoms. The number of fused-ring (bicyclic) bond motifs is 6. The normalized spacial score (nSPS) is 11.3. The van der Waals surface area contributed by atoms with Crippen LogP contribution in [-0.4, -0.2) is 9.13 Å². The van der Waals surface area contributed by atoms with E-state index in [1.807, 2.05) is 36.4 Å². The van der Waals surface area contributed by atoms with Gasteiger partial charge in [-0.1, -0.05) is 170 Å². The van der Waals surface area contributed by atoms with Crippen molar-refractivity contribution in [3.63, 3.8) is 0 Å². The highest BCUT2D eigenvalue weighted by molar-refractivity contribution is 6.14. The predicted molar refractivity (Wildman–Crippen MR) is 246 cm³/mol. The van der Waals surface area contributed by atoms with Gasteiger partial charge in [0.05, 0.1) is 44.6 Å². The van der Waals surface area contributed by atoms with Gasteiger partial charge in [0.15, 0.2) is 0 Å². The molecule has 0 N–H and O–H groups in total. The Labute approximate surface area is 347 Å². The molecule has 0 spiro atoms. The van der Waals surface area contributed by atoms with Crippen molar-refractivity contribution in [1.82, 2.24) is 9.13 Å². The van der Waals surface area contributed by atoms with Gasteiger partial charge in [-0.15, -0.1) is 0 Å². The Morgan fingerprint density at radius 1 is 0.283 bits per heavy atom. The zero-order valence-electron chi connectivity index (χ0n) is 32.4. The average molecular weight is 763 g/mol. The van der Waals surface area contributed by atoms with Crippen LogP contribution in [-0.2, 0) is 0 Å². The number of benzene rings is 9. The van der Waals surface area contributed by atoms with Gasteiger partial charge in [-0.2, -0.15) is 10.5 Å². The summed E-state index contributed by atoms with van der Waals surface area (Å²) in [7, 11) is 0. The van der Waals surface area contributed by atoms with Crippen LogP contribution in [0.4, 0.5) is 0 Å². The van der Waals surface area contributed by atoms with Gasteiger partial charge in [-0.25, -0.2) is 0 Å². The van der Waals surface area contributed by atoms with Crippen molar-refractivity contribution in [3.8, 4) is 68.0 Å². The van der Waals surface area contributed by atoms with Crippen LogP contribution in [0.1, 0.15) is 11.1 Å². The topological polar surface area (TPSA) is 57.4 Å². The minimum absolute atomic E-state index is 0.323. The molecule has 0 saturated carbocycles. The van der Waals surface area contributed by atoms with Gasteiger partial charge in [0.1, 0.15) is 12.1 Å². The van der Waals surface area contributed by atoms with Crippen LogP contribution in [0.15, 0.2) is 206 Å². The maximum absolute atomic E-state index is 11.6. The minimum atomic E-state index is 0.323. The maximum atomic E-state index is 11.6. The molecule has 11 rings (SSSR count). The summed E-state index contributed by atoms with van der Waals surface area (Å²) in [6.45, 7) is 0. The zero-order chi connectivity index (χ0) is 40.2. The molecule has 0 saturated heterocycles. The molecule has 0 fully saturated rings. The van der Waals surface area contributed by atoms with Crippen molar-refractivity contribution >= 4 is 43.6 Å². The van der Waals surface area contributed by atoms with Crippen molar-refractivity contribution in [2.45, 2.75) is 0 Å². The molecule has 0 atom stereocenters. The third kappa shape index (κ3) is 5.37. The summed E-state index contributed by atoms with van der Waals surface area (Å²) in [4.78, 5) is 0. The first-order valence-corrected chi connectivity index (χ1v) is 20.1. The molecule has 0 unspecified atom stereocenters. The lowest BCUT2D eigenvalue weighted by Crippen LogP contribution is -2.11. The molecule has 9 aromatic carbocycles. The van der Waals surface area contributed by atoms with Gasteiger partial charge < -0.3 is 9.13 Å². The maximum Gasteiger partial charge on any atom is 0.101 e. The molecule has 0 aliphatic rings. The van der Waals surface area contributed by atoms with E-state index in [0.717, 1.165) is 88.4 Å². The first-order valence-electron chi connectivity index (χ1n) is 20.1. The first-order chi connectivity index (χ1) is 29.7. The van der Waals surface area contributed by atoms with Crippen LogP contribution in [0.2, 0.25) is 0 Å². The van der Waals surface area contributed by atoms with Crippen molar-refractivity contribution in [3.05, 3.63) is 217 Å². The Morgan fingerprint density at radius 3 is 0.900 bits per heavy atom. The van der Waals surface area contributed by atoms with Crippen LogP contribution in [0.25, 0.3) is 99.5 Å². The Hall–Kier alpha value is -8.44. The van der Waals surface area contributed by atoms with Crippen LogP contribution in [0.3, 0.4) is 0 Å². The summed E-state index contributed by atoms with van der Waals surface area (Å²) in [6.07, 6.45) is 0. The van der Waals surface area contributed by atoms with E-state index in [1.165, 1.54) is 0 Å². The van der Waals surface area contributed by atoms with Crippen molar-refractivity contribution < 1.29 is 0 Å². The summed E-state index contributed by atoms with van der Waals surface area (Å²) < 4.78 is 4.67. The SMILES string of the molecule is N#Cc1c(C#N)c(-c2cccc(-c3ccccc3)c2)c(-n2c3ccccc3c3ccccc32)c(-n2c3ccccc3c3ccccc32)c1-c1cccc(-c2ccccc2)c1. The summed E-state index contributed by atoms with van der Waals surface area (Å²) in [6, 6.07) is 76.6. The Balaban J connectivity index is 1.42. The van der Waals surface area contributed by atoms with Crippen molar-refractivity contribution in [1.29, 1.82) is 10.5 Å². The standard InChI is InChI=1S/C56H34N4/c57-35-47-48(36-58)54(42-24-16-22-40(34-42)38-19-5-2-6-20-38)56(60-51-31-13-9-27-45(51)46-28-10-14-32-52(46)60)55(53(47)41-23-15-21-39(33-41)37-17-3-1-4-18-37)59-49-29-11-7-25-43(49)44-26-8-12-30-50(44)59/h1-34H. The van der Waals surface area contributed by atoms with Crippen LogP contribution >= 0.6 is 0 Å². The molecule has 0 bridgehead atoms. The van der Waals surface area contributed by atoms with E-state index >= 15 is 0 Å². The lowest BCUT2D eigenvalue weighted by atomic mass is 9.85. The van der Waals surface area contributed by atoms with E-state index in [1.54, 1.807) is 0 Å². The highest BCUT2D eigenvalue weighted by Gasteiger charge is 2.32. The highest BCUT2D eigenvalue weighted by Crippen LogP contribution is 2.49. The fraction of sp³-hybridized carbons (Fsp3) is 0. The zero-order valence-corrected chi connectivity index (χ0v) is 32.4. The molecule has 0 radical (unpaired) electrons. The second kappa shape index (κ2) is 14.2. The summed E-state index contributed by atoms with van der Waals surface area (Å²) in [5.74, 6) is 0. The molecule has 2 aromatic heterocycles. The fourth-order valence-electron chi connectivity index (χ4n) is 9.24. The molecule has 0 aliphatic carbocycles. The smallest absolute Gasteiger partial charge is 0.101 e. The summed E-state index contributed by atoms with van der Waals surface area (Å²) >= 11 is 0. The third-order valence-corrected chi connectivity index (χ3v) is 11.8. The lowest BCUT2D eigenvalue weighted by Gasteiger charge is -2.26. The molecule has 2 heterocycles. The Morgan fingerprint density at radius 2 is 0.567 bits per heavy atom. The van der Waals surface area contributed by atoms with Gasteiger partial charge >= 0.3 is 0 Å². The monoisotopic (exact) mass is 762 g/mol. The van der Waals surface area contributed by atoms with Gasteiger partial charge in [-0.3, -0.25) is 0 Å². The highest BCUT2D eigenvalue weighted by atomic mass is 15.1. The van der Waals surface area contributed by atoms with Gasteiger partial charge in [-0.05, 0) is 69.8 Å². The molecule has 0 amide bonds. The van der Waals surface area contributed by atoms with E-state index in [2.05, 4.69) is 191 Å². The fourth-order valence-corrected chi connectivity index (χ4v) is 9.24. The van der Waals surface area contributed by atoms with Crippen molar-refractivity contribution in [2.75, 3.05) is 0 Å². The Kier molecular flexibility index (Phi) is 8.22. The van der Waals surface area contributed by atoms with E-state index in [4.69, 9.17) is 0 Å². The summed E-state index contributed by atoms with van der Waals surface area (Å²) in [5.41, 5.74) is 13.5. The molecule has 0 aliphatic heterocycles. The summed E-state index contributed by atoms with van der Waals surface area (Å²) in [5, 5.41) is 27.5. The molecule has 4 heteroatoms.